The minimum absolute atomic E-state index is 0.0759. The first kappa shape index (κ1) is 42.4. The van der Waals surface area contributed by atoms with E-state index in [9.17, 15) is 19.2 Å². The van der Waals surface area contributed by atoms with Crippen LogP contribution in [0.2, 0.25) is 0 Å². The predicted molar refractivity (Wildman–Crippen MR) is 211 cm³/mol. The molecule has 0 atom stereocenters. The standard InChI is InChI=1S/C39H49N5O10S2/c1-39(2,3)30-22-40-31(54-30)25-55-35-23-41-38(56-35)42-37(48)27-11-14-43(15-12-27)34(47)24-52-17-16-51-18-19-53-36-28(49-4)20-26(21-29(36)50-5)9-10-33(46)44-13-7-6-8-32(44)45/h6,8-10,20-23,27H,7,11-19,24-25H2,1-5H3,(H,41,42,48). The molecule has 3 aromatic rings. The Morgan fingerprint density at radius 2 is 1.71 bits per heavy atom. The average Bonchev–Trinajstić information content (AvgIpc) is 3.87. The molecule has 1 fully saturated rings. The molecule has 1 saturated heterocycles. The van der Waals surface area contributed by atoms with Gasteiger partial charge in [0.25, 0.3) is 11.8 Å². The van der Waals surface area contributed by atoms with Crippen molar-refractivity contribution in [3.63, 3.8) is 0 Å². The van der Waals surface area contributed by atoms with E-state index in [1.165, 1.54) is 42.6 Å². The number of nitrogens with one attached hydrogen (secondary N) is 1. The number of rotatable bonds is 18. The van der Waals surface area contributed by atoms with Crippen LogP contribution in [0.4, 0.5) is 5.13 Å². The third-order valence-corrected chi connectivity index (χ3v) is 10.9. The van der Waals surface area contributed by atoms with Crippen LogP contribution in [0.15, 0.2) is 51.4 Å². The smallest absolute Gasteiger partial charge is 0.253 e. The van der Waals surface area contributed by atoms with Crippen LogP contribution < -0.4 is 19.5 Å². The number of thioether (sulfide) groups is 1. The molecule has 4 heterocycles. The molecule has 5 rings (SSSR count). The second-order valence-electron chi connectivity index (χ2n) is 13.9. The van der Waals surface area contributed by atoms with Gasteiger partial charge in [0.1, 0.15) is 19.0 Å². The number of ether oxygens (including phenoxy) is 5. The highest BCUT2D eigenvalue weighted by Crippen LogP contribution is 2.39. The van der Waals surface area contributed by atoms with Gasteiger partial charge in [-0.2, -0.15) is 0 Å². The van der Waals surface area contributed by atoms with Gasteiger partial charge >= 0.3 is 0 Å². The number of carbonyl (C=O) groups is 4. The van der Waals surface area contributed by atoms with Gasteiger partial charge in [-0.1, -0.05) is 38.2 Å². The highest BCUT2D eigenvalue weighted by Gasteiger charge is 2.28. The number of piperidine rings is 1. The van der Waals surface area contributed by atoms with Gasteiger partial charge in [-0.15, -0.1) is 11.8 Å². The van der Waals surface area contributed by atoms with Crippen molar-refractivity contribution in [3.05, 3.63) is 60.0 Å². The summed E-state index contributed by atoms with van der Waals surface area (Å²) in [7, 11) is 2.99. The van der Waals surface area contributed by atoms with Crippen LogP contribution in [0.25, 0.3) is 6.08 Å². The maximum absolute atomic E-state index is 12.9. The molecule has 2 aliphatic heterocycles. The molecule has 15 nitrogen and oxygen atoms in total. The van der Waals surface area contributed by atoms with E-state index >= 15 is 0 Å². The van der Waals surface area contributed by atoms with Crippen molar-refractivity contribution in [1.29, 1.82) is 0 Å². The lowest BCUT2D eigenvalue weighted by Gasteiger charge is -2.31. The van der Waals surface area contributed by atoms with Crippen LogP contribution in [0, 0.1) is 5.92 Å². The summed E-state index contributed by atoms with van der Waals surface area (Å²) in [5.74, 6) is 2.07. The minimum atomic E-state index is -0.405. The number of benzene rings is 1. The molecular formula is C39H49N5O10S2. The molecule has 1 N–H and O–H groups in total. The minimum Gasteiger partial charge on any atom is -0.493 e. The first-order valence-corrected chi connectivity index (χ1v) is 20.1. The fourth-order valence-electron chi connectivity index (χ4n) is 5.72. The van der Waals surface area contributed by atoms with Crippen molar-refractivity contribution in [1.82, 2.24) is 19.8 Å². The molecule has 56 heavy (non-hydrogen) atoms. The summed E-state index contributed by atoms with van der Waals surface area (Å²) < 4.78 is 34.9. The Bertz CT molecular complexity index is 1850. The molecule has 0 bridgehead atoms. The highest BCUT2D eigenvalue weighted by molar-refractivity contribution is 8.00. The lowest BCUT2D eigenvalue weighted by atomic mass is 9.94. The number of carbonyl (C=O) groups excluding carboxylic acids is 4. The third kappa shape index (κ3) is 12.1. The summed E-state index contributed by atoms with van der Waals surface area (Å²) >= 11 is 2.97. The first-order chi connectivity index (χ1) is 26.9. The van der Waals surface area contributed by atoms with E-state index in [1.54, 1.807) is 53.3 Å². The van der Waals surface area contributed by atoms with E-state index in [4.69, 9.17) is 28.1 Å². The SMILES string of the molecule is COc1cc(C=CC(=O)N2CCC=CC2=O)cc(OC)c1OCCOCCOCC(=O)N1CCC(C(=O)Nc2ncc(SCc3ncc(C(C)(C)C)o3)s2)CC1. The number of anilines is 1. The zero-order chi connectivity index (χ0) is 40.1. The molecule has 4 amide bonds. The van der Waals surface area contributed by atoms with Gasteiger partial charge in [0.2, 0.25) is 23.5 Å². The van der Waals surface area contributed by atoms with E-state index in [0.717, 1.165) is 9.97 Å². The highest BCUT2D eigenvalue weighted by atomic mass is 32.2. The number of thiazole rings is 1. The maximum atomic E-state index is 12.9. The molecule has 0 aliphatic carbocycles. The molecule has 2 aliphatic rings. The molecule has 0 spiro atoms. The van der Waals surface area contributed by atoms with Gasteiger partial charge in [-0.3, -0.25) is 24.1 Å². The monoisotopic (exact) mass is 811 g/mol. The molecule has 17 heteroatoms. The Labute approximate surface area is 334 Å². The van der Waals surface area contributed by atoms with Gasteiger partial charge in [0.05, 0.1) is 56.4 Å². The second-order valence-corrected chi connectivity index (χ2v) is 16.2. The quantitative estimate of drug-likeness (QED) is 0.0991. The zero-order valence-corrected chi connectivity index (χ0v) is 34.0. The third-order valence-electron chi connectivity index (χ3n) is 8.85. The van der Waals surface area contributed by atoms with Crippen molar-refractivity contribution in [2.45, 2.75) is 55.4 Å². The fourth-order valence-corrected chi connectivity index (χ4v) is 7.44. The first-order valence-electron chi connectivity index (χ1n) is 18.3. The van der Waals surface area contributed by atoms with Crippen LogP contribution >= 0.6 is 23.1 Å². The summed E-state index contributed by atoms with van der Waals surface area (Å²) in [6.07, 6.45) is 11.3. The van der Waals surface area contributed by atoms with E-state index in [1.807, 2.05) is 0 Å². The summed E-state index contributed by atoms with van der Waals surface area (Å²) in [5.41, 5.74) is 0.526. The molecule has 302 valence electrons. The summed E-state index contributed by atoms with van der Waals surface area (Å²) in [4.78, 5) is 61.8. The number of amides is 4. The number of hydrogen-bond donors (Lipinski definition) is 1. The van der Waals surface area contributed by atoms with Crippen molar-refractivity contribution in [3.8, 4) is 17.2 Å². The van der Waals surface area contributed by atoms with Crippen molar-refractivity contribution < 1.29 is 47.3 Å². The number of hydrogen-bond acceptors (Lipinski definition) is 14. The van der Waals surface area contributed by atoms with E-state index in [0.29, 0.717) is 78.5 Å². The molecule has 0 saturated carbocycles. The van der Waals surface area contributed by atoms with E-state index in [2.05, 4.69) is 36.1 Å². The number of aromatic nitrogens is 2. The zero-order valence-electron chi connectivity index (χ0n) is 32.4. The molecule has 0 unspecified atom stereocenters. The van der Waals surface area contributed by atoms with E-state index in [-0.39, 0.29) is 62.1 Å². The number of methoxy groups -OCH3 is 2. The summed E-state index contributed by atoms with van der Waals surface area (Å²) in [5, 5.41) is 3.47. The molecule has 1 aromatic carbocycles. The lowest BCUT2D eigenvalue weighted by molar-refractivity contribution is -0.140. The second kappa shape index (κ2) is 20.5. The van der Waals surface area contributed by atoms with Gasteiger partial charge in [-0.05, 0) is 49.1 Å². The van der Waals surface area contributed by atoms with Crippen molar-refractivity contribution in [2.24, 2.45) is 5.92 Å². The average molecular weight is 812 g/mol. The number of nitrogens with zero attached hydrogens (tertiary/aromatic N) is 4. The Kier molecular flexibility index (Phi) is 15.5. The summed E-state index contributed by atoms with van der Waals surface area (Å²) in [6, 6.07) is 3.40. The normalized spacial score (nSPS) is 15.1. The van der Waals surface area contributed by atoms with Crippen molar-refractivity contribution in [2.75, 3.05) is 72.2 Å². The van der Waals surface area contributed by atoms with Crippen LogP contribution in [-0.2, 0) is 39.8 Å². The van der Waals surface area contributed by atoms with Gasteiger partial charge in [0, 0.05) is 37.0 Å². The van der Waals surface area contributed by atoms with Gasteiger partial charge < -0.3 is 38.3 Å². The maximum Gasteiger partial charge on any atom is 0.253 e. The molecular weight excluding hydrogens is 763 g/mol. The van der Waals surface area contributed by atoms with Crippen LogP contribution in [0.1, 0.15) is 57.2 Å². The Balaban J connectivity index is 0.940. The fraction of sp³-hybridized carbons (Fsp3) is 0.487. The van der Waals surface area contributed by atoms with Crippen LogP contribution in [-0.4, -0.2) is 110 Å². The van der Waals surface area contributed by atoms with Gasteiger partial charge in [-0.25, -0.2) is 9.97 Å². The Morgan fingerprint density at radius 1 is 1.00 bits per heavy atom. The topological polar surface area (TPSA) is 172 Å². The van der Waals surface area contributed by atoms with Crippen molar-refractivity contribution >= 4 is 57.9 Å². The number of oxazole rings is 1. The van der Waals surface area contributed by atoms with Gasteiger partial charge in [0.15, 0.2) is 16.6 Å². The Hall–Kier alpha value is -4.71. The number of imide groups is 1. The number of likely N-dealkylation sites (tertiary alicyclic amines) is 1. The lowest BCUT2D eigenvalue weighted by Crippen LogP contribution is -2.43. The van der Waals surface area contributed by atoms with E-state index < -0.39 is 5.91 Å². The predicted octanol–water partition coefficient (Wildman–Crippen LogP) is 5.36. The molecule has 0 radical (unpaired) electrons. The summed E-state index contributed by atoms with van der Waals surface area (Å²) in [6.45, 7) is 8.36. The van der Waals surface area contributed by atoms with Crippen LogP contribution in [0.5, 0.6) is 17.2 Å². The van der Waals surface area contributed by atoms with Crippen LogP contribution in [0.3, 0.4) is 0 Å². The molecule has 2 aromatic heterocycles. The Morgan fingerprint density at radius 3 is 2.39 bits per heavy atom. The largest absolute Gasteiger partial charge is 0.493 e.